The maximum atomic E-state index is 13.5. The second kappa shape index (κ2) is 8.04. The van der Waals surface area contributed by atoms with Crippen LogP contribution in [0.2, 0.25) is 10.0 Å². The average molecular weight is 495 g/mol. The molecule has 0 aromatic heterocycles. The summed E-state index contributed by atoms with van der Waals surface area (Å²) >= 11 is 11.6. The van der Waals surface area contributed by atoms with Crippen LogP contribution in [0.1, 0.15) is 37.4 Å². The average Bonchev–Trinajstić information content (AvgIpc) is 2.72. The first-order chi connectivity index (χ1) is 15.7. The zero-order valence-corrected chi connectivity index (χ0v) is 18.9. The molecule has 3 fully saturated rings. The van der Waals surface area contributed by atoms with Crippen molar-refractivity contribution < 1.29 is 28.6 Å². The number of benzene rings is 2. The third-order valence-corrected chi connectivity index (χ3v) is 6.96. The molecule has 3 N–H and O–H groups in total. The zero-order chi connectivity index (χ0) is 23.4. The summed E-state index contributed by atoms with van der Waals surface area (Å²) in [6, 6.07) is 8.90. The fraction of sp³-hybridized carbons (Fsp3) is 0.391. The Bertz CT molecular complexity index is 1120. The SMILES string of the molecule is O=C(COc1ccc(Cl)c(F)c1)NC12CC(NC(=O)C3CC(O)c4cc(Cl)ccc4O3)(C1)C2. The quantitative estimate of drug-likeness (QED) is 0.572. The van der Waals surface area contributed by atoms with Crippen LogP contribution in [0.3, 0.4) is 0 Å². The number of carbonyl (C=O) groups is 2. The van der Waals surface area contributed by atoms with Crippen LogP contribution >= 0.6 is 23.2 Å². The van der Waals surface area contributed by atoms with Crippen LogP contribution in [0.25, 0.3) is 0 Å². The smallest absolute Gasteiger partial charge is 0.261 e. The van der Waals surface area contributed by atoms with Gasteiger partial charge >= 0.3 is 0 Å². The highest BCUT2D eigenvalue weighted by Gasteiger charge is 2.69. The summed E-state index contributed by atoms with van der Waals surface area (Å²) in [6.07, 6.45) is 0.314. The first kappa shape index (κ1) is 22.3. The number of nitrogens with one attached hydrogen (secondary N) is 2. The van der Waals surface area contributed by atoms with E-state index in [1.807, 2.05) is 0 Å². The van der Waals surface area contributed by atoms with Crippen molar-refractivity contribution in [2.24, 2.45) is 0 Å². The van der Waals surface area contributed by atoms with E-state index < -0.39 is 18.0 Å². The molecule has 6 rings (SSSR count). The lowest BCUT2D eigenvalue weighted by Gasteiger charge is -2.70. The summed E-state index contributed by atoms with van der Waals surface area (Å²) in [6.45, 7) is -0.251. The highest BCUT2D eigenvalue weighted by molar-refractivity contribution is 6.31. The van der Waals surface area contributed by atoms with Gasteiger partial charge in [-0.15, -0.1) is 0 Å². The fourth-order valence-corrected chi connectivity index (χ4v) is 5.32. The van der Waals surface area contributed by atoms with E-state index in [0.29, 0.717) is 35.6 Å². The minimum absolute atomic E-state index is 0.0187. The first-order valence-electron chi connectivity index (χ1n) is 10.5. The zero-order valence-electron chi connectivity index (χ0n) is 17.4. The summed E-state index contributed by atoms with van der Waals surface area (Å²) in [4.78, 5) is 25.0. The summed E-state index contributed by atoms with van der Waals surface area (Å²) in [5, 5.41) is 16.8. The van der Waals surface area contributed by atoms with Gasteiger partial charge < -0.3 is 25.2 Å². The molecule has 0 saturated heterocycles. The summed E-state index contributed by atoms with van der Waals surface area (Å²) < 4.78 is 24.6. The number of hydrogen-bond acceptors (Lipinski definition) is 5. The van der Waals surface area contributed by atoms with Crippen molar-refractivity contribution in [3.8, 4) is 11.5 Å². The fourth-order valence-electron chi connectivity index (χ4n) is 5.02. The Morgan fingerprint density at radius 3 is 2.58 bits per heavy atom. The molecule has 2 aromatic rings. The molecule has 33 heavy (non-hydrogen) atoms. The van der Waals surface area contributed by atoms with Crippen molar-refractivity contribution >= 4 is 35.0 Å². The van der Waals surface area contributed by atoms with E-state index in [0.717, 1.165) is 6.07 Å². The Balaban J connectivity index is 1.10. The van der Waals surface area contributed by atoms with Crippen LogP contribution in [0.15, 0.2) is 36.4 Å². The van der Waals surface area contributed by atoms with Crippen molar-refractivity contribution in [1.82, 2.24) is 10.6 Å². The molecule has 174 valence electrons. The molecule has 0 spiro atoms. The Labute approximate surface area is 199 Å². The number of ether oxygens (including phenoxy) is 2. The Kier molecular flexibility index (Phi) is 5.42. The minimum atomic E-state index is -0.837. The monoisotopic (exact) mass is 494 g/mol. The number of amides is 2. The van der Waals surface area contributed by atoms with E-state index in [1.54, 1.807) is 18.2 Å². The van der Waals surface area contributed by atoms with E-state index >= 15 is 0 Å². The number of carbonyl (C=O) groups excluding carboxylic acids is 2. The van der Waals surface area contributed by atoms with Gasteiger partial charge in [0.25, 0.3) is 11.8 Å². The molecule has 3 aliphatic carbocycles. The Morgan fingerprint density at radius 1 is 1.12 bits per heavy atom. The first-order valence-corrected chi connectivity index (χ1v) is 11.3. The molecule has 0 radical (unpaired) electrons. The summed E-state index contributed by atoms with van der Waals surface area (Å²) in [7, 11) is 0. The van der Waals surface area contributed by atoms with E-state index in [1.165, 1.54) is 12.1 Å². The molecule has 4 aliphatic rings. The Hall–Kier alpha value is -2.55. The molecule has 10 heteroatoms. The lowest BCUT2D eigenvalue weighted by atomic mass is 9.44. The van der Waals surface area contributed by atoms with Crippen LogP contribution < -0.4 is 20.1 Å². The predicted octanol–water partition coefficient (Wildman–Crippen LogP) is 3.30. The van der Waals surface area contributed by atoms with Gasteiger partial charge in [0.1, 0.15) is 17.3 Å². The van der Waals surface area contributed by atoms with Gasteiger partial charge in [-0.3, -0.25) is 9.59 Å². The standard InChI is InChI=1S/C23H21Cl2FN2O5/c24-12-1-4-18-14(5-12)17(29)7-19(33-18)21(31)28-23-9-22(10-23,11-23)27-20(30)8-32-13-2-3-15(25)16(26)6-13/h1-6,17,19,29H,7-11H2,(H,27,30)(H,28,31). The van der Waals surface area contributed by atoms with Gasteiger partial charge in [-0.1, -0.05) is 23.2 Å². The van der Waals surface area contributed by atoms with Gasteiger partial charge in [0, 0.05) is 34.2 Å². The van der Waals surface area contributed by atoms with Crippen molar-refractivity contribution in [1.29, 1.82) is 0 Å². The van der Waals surface area contributed by atoms with E-state index in [2.05, 4.69) is 10.6 Å². The van der Waals surface area contributed by atoms with Crippen LogP contribution in [0.5, 0.6) is 11.5 Å². The molecule has 2 bridgehead atoms. The van der Waals surface area contributed by atoms with Crippen LogP contribution in [0.4, 0.5) is 4.39 Å². The topological polar surface area (TPSA) is 96.9 Å². The van der Waals surface area contributed by atoms with Crippen molar-refractivity contribution in [3.63, 3.8) is 0 Å². The molecular weight excluding hydrogens is 474 g/mol. The van der Waals surface area contributed by atoms with Crippen LogP contribution in [-0.2, 0) is 9.59 Å². The molecule has 2 aromatic carbocycles. The second-order valence-electron chi connectivity index (χ2n) is 9.03. The van der Waals surface area contributed by atoms with Gasteiger partial charge in [-0.2, -0.15) is 0 Å². The highest BCUT2D eigenvalue weighted by Crippen LogP contribution is 2.60. The lowest BCUT2D eigenvalue weighted by Crippen LogP contribution is -2.84. The lowest BCUT2D eigenvalue weighted by molar-refractivity contribution is -0.155. The normalized spacial score (nSPS) is 29.0. The van der Waals surface area contributed by atoms with Crippen LogP contribution in [-0.4, -0.2) is 40.7 Å². The molecule has 2 atom stereocenters. The van der Waals surface area contributed by atoms with E-state index in [9.17, 15) is 19.1 Å². The third kappa shape index (κ3) is 4.23. The number of aliphatic hydroxyl groups is 1. The molecule has 3 saturated carbocycles. The molecule has 1 aliphatic heterocycles. The van der Waals surface area contributed by atoms with E-state index in [-0.39, 0.29) is 46.7 Å². The number of aliphatic hydroxyl groups excluding tert-OH is 1. The van der Waals surface area contributed by atoms with E-state index in [4.69, 9.17) is 32.7 Å². The van der Waals surface area contributed by atoms with Gasteiger partial charge in [-0.25, -0.2) is 4.39 Å². The predicted molar refractivity (Wildman–Crippen MR) is 118 cm³/mol. The maximum Gasteiger partial charge on any atom is 0.261 e. The molecule has 7 nitrogen and oxygen atoms in total. The maximum absolute atomic E-state index is 13.5. The van der Waals surface area contributed by atoms with Crippen molar-refractivity contribution in [2.75, 3.05) is 6.61 Å². The Morgan fingerprint density at radius 2 is 1.85 bits per heavy atom. The number of hydrogen-bond donors (Lipinski definition) is 3. The number of rotatable bonds is 6. The molecular formula is C23H21Cl2FN2O5. The minimum Gasteiger partial charge on any atom is -0.484 e. The van der Waals surface area contributed by atoms with Gasteiger partial charge in [0.2, 0.25) is 0 Å². The second-order valence-corrected chi connectivity index (χ2v) is 9.88. The van der Waals surface area contributed by atoms with Crippen molar-refractivity contribution in [3.05, 3.63) is 57.8 Å². The summed E-state index contributed by atoms with van der Waals surface area (Å²) in [5.74, 6) is -0.568. The number of halogens is 3. The number of fused-ring (bicyclic) bond motifs is 1. The van der Waals surface area contributed by atoms with Gasteiger partial charge in [-0.05, 0) is 49.6 Å². The largest absolute Gasteiger partial charge is 0.484 e. The van der Waals surface area contributed by atoms with Gasteiger partial charge in [0.15, 0.2) is 12.7 Å². The highest BCUT2D eigenvalue weighted by atomic mass is 35.5. The molecule has 2 unspecified atom stereocenters. The van der Waals surface area contributed by atoms with Crippen molar-refractivity contribution in [2.45, 2.75) is 49.0 Å². The third-order valence-electron chi connectivity index (χ3n) is 6.41. The molecule has 1 heterocycles. The summed E-state index contributed by atoms with van der Waals surface area (Å²) in [5.41, 5.74) is -0.170. The molecule has 2 amide bonds. The van der Waals surface area contributed by atoms with Crippen LogP contribution in [0, 0.1) is 5.82 Å². The van der Waals surface area contributed by atoms with Gasteiger partial charge in [0.05, 0.1) is 11.1 Å².